The Hall–Kier alpha value is -3.70. The van der Waals surface area contributed by atoms with E-state index in [1.807, 2.05) is 73.7 Å². The minimum atomic E-state index is -0.308. The van der Waals surface area contributed by atoms with Gasteiger partial charge in [-0.3, -0.25) is 20.0 Å². The van der Waals surface area contributed by atoms with Gasteiger partial charge in [0.15, 0.2) is 5.88 Å². The number of ether oxygens (including phenoxy) is 2. The van der Waals surface area contributed by atoms with Crippen LogP contribution in [-0.2, 0) is 11.8 Å². The van der Waals surface area contributed by atoms with Crippen LogP contribution in [0.15, 0.2) is 34.8 Å². The smallest absolute Gasteiger partial charge is 0.221 e. The summed E-state index contributed by atoms with van der Waals surface area (Å²) in [5.41, 5.74) is 11.8. The lowest BCUT2D eigenvalue weighted by Crippen LogP contribution is -2.39. The fourth-order valence-electron chi connectivity index (χ4n) is 4.84. The maximum absolute atomic E-state index is 9.82. The number of hydrogen-bond donors (Lipinski definition) is 3. The Kier molecular flexibility index (Phi) is 14.4. The molecule has 4 N–H and O–H groups in total. The molecule has 1 aliphatic heterocycles. The zero-order valence-electron chi connectivity index (χ0n) is 27.7. The zero-order valence-corrected chi connectivity index (χ0v) is 27.7. The maximum Gasteiger partial charge on any atom is 0.221 e. The number of aromatic amines is 1. The van der Waals surface area contributed by atoms with Gasteiger partial charge in [0.2, 0.25) is 5.88 Å². The molecule has 43 heavy (non-hydrogen) atoms. The molecular weight excluding hydrogens is 544 g/mol. The third-order valence-corrected chi connectivity index (χ3v) is 6.57. The number of nitrogens with one attached hydrogen (secondary N) is 1. The molecule has 1 aliphatic rings. The second-order valence-electron chi connectivity index (χ2n) is 9.93. The molecule has 11 heteroatoms. The van der Waals surface area contributed by atoms with Crippen LogP contribution < -0.4 is 10.5 Å². The number of aromatic nitrogens is 5. The number of aliphatic hydroxyl groups excluding tert-OH is 1. The average Bonchev–Trinajstić information content (AvgIpc) is 3.53. The maximum atomic E-state index is 9.82. The molecule has 0 saturated carbocycles. The molecule has 0 aromatic carbocycles. The fourth-order valence-corrected chi connectivity index (χ4v) is 4.84. The van der Waals surface area contributed by atoms with Crippen LogP contribution in [0.4, 0.5) is 0 Å². The normalized spacial score (nSPS) is 19.1. The summed E-state index contributed by atoms with van der Waals surface area (Å²) >= 11 is 0. The number of pyridine rings is 1. The number of nitrogens with zero attached hydrogens (tertiary/aromatic N) is 6. The van der Waals surface area contributed by atoms with Crippen molar-refractivity contribution in [2.45, 2.75) is 80.9 Å². The van der Waals surface area contributed by atoms with E-state index in [0.717, 1.165) is 52.2 Å². The van der Waals surface area contributed by atoms with E-state index in [2.05, 4.69) is 34.0 Å². The average molecular weight is 597 g/mol. The number of hydrogen-bond acceptors (Lipinski definition) is 9. The van der Waals surface area contributed by atoms with Crippen molar-refractivity contribution in [2.24, 2.45) is 17.8 Å². The molecule has 238 valence electrons. The summed E-state index contributed by atoms with van der Waals surface area (Å²) in [5.74, 6) is 0.946. The lowest BCUT2D eigenvalue weighted by atomic mass is 10.1. The monoisotopic (exact) mass is 596 g/mol. The lowest BCUT2D eigenvalue weighted by molar-refractivity contribution is 0.146. The minimum Gasteiger partial charge on any atom is -0.479 e. The number of aliphatic hydroxyl groups is 1. The summed E-state index contributed by atoms with van der Waals surface area (Å²) < 4.78 is 14.1. The number of fused-ring (bicyclic) bond motifs is 3. The fraction of sp³-hybridized carbons (Fsp3) is 0.562. The summed E-state index contributed by atoms with van der Waals surface area (Å²) in [5, 5.41) is 23.0. The van der Waals surface area contributed by atoms with Crippen LogP contribution in [0.1, 0.15) is 73.2 Å². The highest BCUT2D eigenvalue weighted by Crippen LogP contribution is 2.34. The Labute approximate surface area is 256 Å². The molecule has 11 nitrogen and oxygen atoms in total. The standard InChI is InChI=1S/C28H40N8O3.2C2H6/c1-7-11-36-14-18(4)39-28-26(19(5)34-35(28)6)23-12-21-22(32-33-24(21)13-30-23)10-9-20(27(29)38-8-2)25(15-36)31-17(3)16-37;2*1-2/h9-10,12-13,17-18,37H,7-8,11,14-16,29H2,1-6H3,(H,32,33);2*1-2H3/b10-9+,27-20+,31-25?;;. The predicted octanol–water partition coefficient (Wildman–Crippen LogP) is 5.25. The van der Waals surface area contributed by atoms with Crippen molar-refractivity contribution in [3.05, 3.63) is 41.2 Å². The SMILES string of the molecule is CC.CC.CCCN1CC(=NC(C)CO)C(=C(\N)OCC)/C=C/c2n[nH]c3cnc(cc23)-c2c(C)nn(C)c2OC(C)C1. The van der Waals surface area contributed by atoms with Gasteiger partial charge in [0.05, 0.1) is 64.9 Å². The lowest BCUT2D eigenvalue weighted by Gasteiger charge is -2.27. The third kappa shape index (κ3) is 8.90. The van der Waals surface area contributed by atoms with Gasteiger partial charge in [-0.15, -0.1) is 0 Å². The van der Waals surface area contributed by atoms with Crippen LogP contribution in [-0.4, -0.2) is 85.7 Å². The van der Waals surface area contributed by atoms with Crippen molar-refractivity contribution >= 4 is 22.7 Å². The van der Waals surface area contributed by atoms with E-state index in [1.165, 1.54) is 0 Å². The van der Waals surface area contributed by atoms with Gasteiger partial charge < -0.3 is 20.3 Å². The molecule has 0 fully saturated rings. The molecule has 0 saturated heterocycles. The van der Waals surface area contributed by atoms with Crippen LogP contribution >= 0.6 is 0 Å². The minimum absolute atomic E-state index is 0.0786. The van der Waals surface area contributed by atoms with Crippen molar-refractivity contribution in [1.29, 1.82) is 0 Å². The van der Waals surface area contributed by atoms with Gasteiger partial charge in [-0.1, -0.05) is 34.6 Å². The predicted molar refractivity (Wildman–Crippen MR) is 176 cm³/mol. The van der Waals surface area contributed by atoms with E-state index in [9.17, 15) is 5.11 Å². The Morgan fingerprint density at radius 2 is 1.98 bits per heavy atom. The molecule has 4 rings (SSSR count). The van der Waals surface area contributed by atoms with Gasteiger partial charge in [0.1, 0.15) is 6.10 Å². The van der Waals surface area contributed by atoms with Gasteiger partial charge in [-0.2, -0.15) is 10.2 Å². The summed E-state index contributed by atoms with van der Waals surface area (Å²) in [4.78, 5) is 11.9. The summed E-state index contributed by atoms with van der Waals surface area (Å²) in [6.45, 7) is 20.2. The highest BCUT2D eigenvalue weighted by Gasteiger charge is 2.24. The quantitative estimate of drug-likeness (QED) is 0.328. The molecule has 0 amide bonds. The highest BCUT2D eigenvalue weighted by molar-refractivity contribution is 6.05. The van der Waals surface area contributed by atoms with Gasteiger partial charge in [0, 0.05) is 25.5 Å². The topological polar surface area (TPSA) is 140 Å². The number of nitrogens with two attached hydrogens (primary N) is 1. The molecule has 0 spiro atoms. The van der Waals surface area contributed by atoms with E-state index in [0.29, 0.717) is 31.1 Å². The third-order valence-electron chi connectivity index (χ3n) is 6.57. The van der Waals surface area contributed by atoms with Crippen LogP contribution in [0.5, 0.6) is 5.88 Å². The molecule has 3 aromatic rings. The zero-order chi connectivity index (χ0) is 32.1. The van der Waals surface area contributed by atoms with Gasteiger partial charge in [-0.05, 0) is 58.9 Å². The number of allylic oxidation sites excluding steroid dienone is 1. The van der Waals surface area contributed by atoms with E-state index in [-0.39, 0.29) is 24.6 Å². The van der Waals surface area contributed by atoms with Crippen LogP contribution in [0, 0.1) is 6.92 Å². The van der Waals surface area contributed by atoms with Gasteiger partial charge >= 0.3 is 0 Å². The molecule has 2 bridgehead atoms. The first-order valence-electron chi connectivity index (χ1n) is 15.5. The van der Waals surface area contributed by atoms with Crippen molar-refractivity contribution in [2.75, 3.05) is 32.8 Å². The number of aryl methyl sites for hydroxylation is 2. The molecule has 4 heterocycles. The Bertz CT molecular complexity index is 1390. The molecule has 2 unspecified atom stereocenters. The van der Waals surface area contributed by atoms with Crippen molar-refractivity contribution in [3.8, 4) is 17.1 Å². The Balaban J connectivity index is 0.00000155. The Morgan fingerprint density at radius 1 is 1.26 bits per heavy atom. The summed E-state index contributed by atoms with van der Waals surface area (Å²) in [6.07, 6.45) is 6.36. The van der Waals surface area contributed by atoms with Crippen molar-refractivity contribution < 1.29 is 14.6 Å². The van der Waals surface area contributed by atoms with E-state index >= 15 is 0 Å². The number of H-pyrrole nitrogens is 1. The molecule has 2 atom stereocenters. The first kappa shape index (κ1) is 35.5. The highest BCUT2D eigenvalue weighted by atomic mass is 16.5. The van der Waals surface area contributed by atoms with Crippen LogP contribution in [0.25, 0.3) is 28.2 Å². The van der Waals surface area contributed by atoms with Crippen molar-refractivity contribution in [3.63, 3.8) is 0 Å². The first-order valence-corrected chi connectivity index (χ1v) is 15.5. The number of rotatable bonds is 6. The number of aliphatic imine (C=N–C) groups is 1. The van der Waals surface area contributed by atoms with Crippen LogP contribution in [0.3, 0.4) is 0 Å². The largest absolute Gasteiger partial charge is 0.479 e. The second-order valence-corrected chi connectivity index (χ2v) is 9.93. The first-order chi connectivity index (χ1) is 20.7. The molecule has 0 aliphatic carbocycles. The summed E-state index contributed by atoms with van der Waals surface area (Å²) in [6, 6.07) is 1.69. The summed E-state index contributed by atoms with van der Waals surface area (Å²) in [7, 11) is 1.88. The van der Waals surface area contributed by atoms with Crippen LogP contribution in [0.2, 0.25) is 0 Å². The van der Waals surface area contributed by atoms with Gasteiger partial charge in [0.25, 0.3) is 0 Å². The van der Waals surface area contributed by atoms with E-state index in [4.69, 9.17) is 25.2 Å². The molecule has 3 aromatic heterocycles. The van der Waals surface area contributed by atoms with E-state index < -0.39 is 0 Å². The molecular formula is C32H52N8O3. The molecule has 0 radical (unpaired) electrons. The van der Waals surface area contributed by atoms with E-state index in [1.54, 1.807) is 10.9 Å². The van der Waals surface area contributed by atoms with Gasteiger partial charge in [-0.25, -0.2) is 4.68 Å². The Morgan fingerprint density at radius 3 is 2.63 bits per heavy atom. The van der Waals surface area contributed by atoms with Crippen molar-refractivity contribution in [1.82, 2.24) is 29.9 Å². The second kappa shape index (κ2) is 17.4.